The number of halogens is 2. The number of sulfonamides is 1. The van der Waals surface area contributed by atoms with Crippen LogP contribution in [0, 0.1) is 11.6 Å². The maximum absolute atomic E-state index is 13.5. The van der Waals surface area contributed by atoms with Gasteiger partial charge in [0.2, 0.25) is 10.0 Å². The number of amides is 1. The Hall–Kier alpha value is -2.93. The molecule has 3 aromatic rings. The number of carbonyl (C=O) groups is 1. The van der Waals surface area contributed by atoms with Crippen molar-refractivity contribution in [3.05, 3.63) is 81.9 Å². The molecule has 0 radical (unpaired) electrons. The van der Waals surface area contributed by atoms with Crippen LogP contribution in [0.1, 0.15) is 34.1 Å². The molecule has 3 rings (SSSR count). The third kappa shape index (κ3) is 8.05. The Kier molecular flexibility index (Phi) is 9.12. The summed E-state index contributed by atoms with van der Waals surface area (Å²) in [4.78, 5) is 18.8. The molecule has 4 N–H and O–H groups in total. The van der Waals surface area contributed by atoms with Gasteiger partial charge in [-0.2, -0.15) is 0 Å². The van der Waals surface area contributed by atoms with E-state index in [2.05, 4.69) is 9.71 Å². The van der Waals surface area contributed by atoms with Crippen LogP contribution in [-0.4, -0.2) is 54.3 Å². The second-order valence-electron chi connectivity index (χ2n) is 8.48. The predicted octanol–water partition coefficient (Wildman–Crippen LogP) is 2.93. The van der Waals surface area contributed by atoms with Crippen molar-refractivity contribution in [3.63, 3.8) is 0 Å². The van der Waals surface area contributed by atoms with Gasteiger partial charge in [0.05, 0.1) is 12.4 Å². The maximum atomic E-state index is 13.5. The molecule has 8 nitrogen and oxygen atoms in total. The highest BCUT2D eigenvalue weighted by Gasteiger charge is 2.26. The largest absolute Gasteiger partial charge is 0.390 e. The molecule has 2 atom stereocenters. The molecule has 1 heterocycles. The lowest BCUT2D eigenvalue weighted by Gasteiger charge is -2.28. The molecule has 0 aliphatic heterocycles. The van der Waals surface area contributed by atoms with Gasteiger partial charge in [-0.15, -0.1) is 11.3 Å². The number of thiazole rings is 1. The zero-order valence-electron chi connectivity index (χ0n) is 19.8. The van der Waals surface area contributed by atoms with E-state index in [9.17, 15) is 27.1 Å². The molecule has 0 aliphatic rings. The first kappa shape index (κ1) is 27.7. The molecule has 1 amide bonds. The molecule has 2 aromatic carbocycles. The van der Waals surface area contributed by atoms with Crippen LogP contribution in [0.25, 0.3) is 0 Å². The van der Waals surface area contributed by atoms with E-state index in [4.69, 9.17) is 5.73 Å². The van der Waals surface area contributed by atoms with Crippen molar-refractivity contribution in [1.82, 2.24) is 9.88 Å². The van der Waals surface area contributed by atoms with Crippen molar-refractivity contribution in [3.8, 4) is 0 Å². The number of aliphatic hydroxyl groups excluding tert-OH is 1. The van der Waals surface area contributed by atoms with Crippen molar-refractivity contribution >= 4 is 32.4 Å². The molecule has 12 heteroatoms. The van der Waals surface area contributed by atoms with Gasteiger partial charge in [-0.1, -0.05) is 31.2 Å². The summed E-state index contributed by atoms with van der Waals surface area (Å²) in [5.74, 6) is -2.03. The van der Waals surface area contributed by atoms with Gasteiger partial charge in [-0.05, 0) is 41.7 Å². The van der Waals surface area contributed by atoms with Crippen LogP contribution < -0.4 is 10.5 Å². The summed E-state index contributed by atoms with van der Waals surface area (Å²) in [7, 11) is -3.57. The van der Waals surface area contributed by atoms with Gasteiger partial charge < -0.3 is 15.7 Å². The lowest BCUT2D eigenvalue weighted by atomic mass is 10.0. The van der Waals surface area contributed by atoms with Gasteiger partial charge in [0.15, 0.2) is 5.13 Å². The molecule has 0 saturated heterocycles. The molecule has 0 aliphatic carbocycles. The van der Waals surface area contributed by atoms with E-state index in [1.165, 1.54) is 10.3 Å². The summed E-state index contributed by atoms with van der Waals surface area (Å²) >= 11 is 0.957. The number of aryl methyl sites for hydroxylation is 1. The third-order valence-electron chi connectivity index (χ3n) is 5.35. The van der Waals surface area contributed by atoms with Crippen molar-refractivity contribution in [2.75, 3.05) is 17.5 Å². The van der Waals surface area contributed by atoms with Crippen molar-refractivity contribution in [2.24, 2.45) is 5.73 Å². The Morgan fingerprint density at radius 2 is 1.83 bits per heavy atom. The van der Waals surface area contributed by atoms with Gasteiger partial charge in [0.1, 0.15) is 17.3 Å². The summed E-state index contributed by atoms with van der Waals surface area (Å²) < 4.78 is 52.3. The summed E-state index contributed by atoms with van der Waals surface area (Å²) in [5.41, 5.74) is 8.30. The number of aliphatic hydroxyl groups is 1. The topological polar surface area (TPSA) is 126 Å². The molecular weight excluding hydrogens is 510 g/mol. The van der Waals surface area contributed by atoms with Crippen LogP contribution in [0.15, 0.2) is 47.8 Å². The number of nitrogens with one attached hydrogen (secondary N) is 1. The number of hydrogen-bond donors (Lipinski definition) is 3. The second kappa shape index (κ2) is 11.9. The number of carbonyl (C=O) groups excluding carboxylic acids is 1. The van der Waals surface area contributed by atoms with E-state index in [1.54, 1.807) is 0 Å². The van der Waals surface area contributed by atoms with Crippen LogP contribution in [0.2, 0.25) is 0 Å². The number of benzene rings is 2. The summed E-state index contributed by atoms with van der Waals surface area (Å²) in [6.07, 6.45) is 0.543. The van der Waals surface area contributed by atoms with Gasteiger partial charge in [0, 0.05) is 30.6 Å². The quantitative estimate of drug-likeness (QED) is 0.345. The van der Waals surface area contributed by atoms with E-state index in [0.717, 1.165) is 53.3 Å². The number of aromatic nitrogens is 1. The molecule has 36 heavy (non-hydrogen) atoms. The van der Waals surface area contributed by atoms with E-state index < -0.39 is 39.7 Å². The van der Waals surface area contributed by atoms with Gasteiger partial charge in [0.25, 0.3) is 5.91 Å². The zero-order valence-corrected chi connectivity index (χ0v) is 21.5. The van der Waals surface area contributed by atoms with Gasteiger partial charge in [-0.25, -0.2) is 22.2 Å². The lowest BCUT2D eigenvalue weighted by molar-refractivity contribution is 0.0550. The predicted molar refractivity (Wildman–Crippen MR) is 135 cm³/mol. The Bertz CT molecular complexity index is 1300. The monoisotopic (exact) mass is 538 g/mol. The maximum Gasteiger partial charge on any atom is 0.273 e. The number of anilines is 1. The first-order chi connectivity index (χ1) is 16.9. The summed E-state index contributed by atoms with van der Waals surface area (Å²) in [6, 6.07) is 9.73. The Morgan fingerprint density at radius 3 is 2.47 bits per heavy atom. The minimum absolute atomic E-state index is 0.00534. The van der Waals surface area contributed by atoms with E-state index in [-0.39, 0.29) is 35.9 Å². The summed E-state index contributed by atoms with van der Waals surface area (Å²) in [6.45, 7) is 1.96. The first-order valence-corrected chi connectivity index (χ1v) is 13.9. The molecule has 0 spiro atoms. The van der Waals surface area contributed by atoms with Crippen LogP contribution in [0.3, 0.4) is 0 Å². The highest BCUT2D eigenvalue weighted by molar-refractivity contribution is 7.92. The summed E-state index contributed by atoms with van der Waals surface area (Å²) in [5, 5.41) is 12.3. The minimum atomic E-state index is -3.57. The minimum Gasteiger partial charge on any atom is -0.390 e. The van der Waals surface area contributed by atoms with E-state index in [1.807, 2.05) is 31.2 Å². The molecule has 0 fully saturated rings. The third-order valence-corrected chi connectivity index (χ3v) is 6.80. The molecule has 0 bridgehead atoms. The smallest absolute Gasteiger partial charge is 0.273 e. The van der Waals surface area contributed by atoms with Crippen molar-refractivity contribution < 1.29 is 27.1 Å². The van der Waals surface area contributed by atoms with E-state index in [0.29, 0.717) is 0 Å². The number of hydrogen-bond acceptors (Lipinski definition) is 7. The second-order valence-corrected chi connectivity index (χ2v) is 11.1. The fourth-order valence-corrected chi connectivity index (χ4v) is 5.16. The average molecular weight is 539 g/mol. The number of nitrogens with zero attached hydrogens (tertiary/aromatic N) is 2. The van der Waals surface area contributed by atoms with Gasteiger partial charge >= 0.3 is 0 Å². The molecule has 2 unspecified atom stereocenters. The Balaban J connectivity index is 1.81. The highest BCUT2D eigenvalue weighted by Crippen LogP contribution is 2.20. The molecule has 194 valence electrons. The average Bonchev–Trinajstić information content (AvgIpc) is 3.24. The SMILES string of the molecule is CCc1cccc(CN(CC(O)C(N)Cc2cc(F)cc(F)c2)C(=O)c2csc(NS(C)(=O)=O)n2)c1. The van der Waals surface area contributed by atoms with E-state index >= 15 is 0 Å². The van der Waals surface area contributed by atoms with Gasteiger partial charge in [-0.3, -0.25) is 9.52 Å². The standard InChI is InChI=1S/C24H28F2N4O4S2/c1-3-15-5-4-6-16(7-15)12-30(23(32)21-14-35-24(28-21)29-36(2,33)34)13-22(31)20(27)10-17-8-18(25)11-19(26)9-17/h4-9,11,14,20,22,31H,3,10,12-13,27H2,1-2H3,(H,28,29). The van der Waals surface area contributed by atoms with Crippen LogP contribution in [0.5, 0.6) is 0 Å². The zero-order chi connectivity index (χ0) is 26.5. The first-order valence-electron chi connectivity index (χ1n) is 11.1. The molecule has 1 aromatic heterocycles. The molecule has 0 saturated carbocycles. The number of nitrogens with two attached hydrogens (primary N) is 1. The van der Waals surface area contributed by atoms with Crippen molar-refractivity contribution in [2.45, 2.75) is 38.5 Å². The number of rotatable bonds is 11. The van der Waals surface area contributed by atoms with Crippen LogP contribution in [0.4, 0.5) is 13.9 Å². The van der Waals surface area contributed by atoms with Crippen molar-refractivity contribution in [1.29, 1.82) is 0 Å². The normalized spacial score (nSPS) is 13.3. The lowest BCUT2D eigenvalue weighted by Crippen LogP contribution is -2.46. The van der Waals surface area contributed by atoms with Crippen LogP contribution in [-0.2, 0) is 29.4 Å². The van der Waals surface area contributed by atoms with Crippen LogP contribution >= 0.6 is 11.3 Å². The molecular formula is C24H28F2N4O4S2. The Labute approximate surface area is 212 Å². The highest BCUT2D eigenvalue weighted by atomic mass is 32.2. The Morgan fingerprint density at radius 1 is 1.17 bits per heavy atom. The fraction of sp³-hybridized carbons (Fsp3) is 0.333. The fourth-order valence-electron chi connectivity index (χ4n) is 3.63.